The van der Waals surface area contributed by atoms with E-state index in [1.807, 2.05) is 12.1 Å². The highest BCUT2D eigenvalue weighted by atomic mass is 15.0. The first-order valence-corrected chi connectivity index (χ1v) is 4.99. The Morgan fingerprint density at radius 2 is 2.21 bits per heavy atom. The SMILES string of the molecule is C=CCC(NCCC)c1ncccn1. The third kappa shape index (κ3) is 3.26. The van der Waals surface area contributed by atoms with Crippen molar-refractivity contribution in [3.8, 4) is 0 Å². The van der Waals surface area contributed by atoms with Gasteiger partial charge in [-0.25, -0.2) is 9.97 Å². The zero-order chi connectivity index (χ0) is 10.2. The summed E-state index contributed by atoms with van der Waals surface area (Å²) in [6.07, 6.45) is 7.41. The van der Waals surface area contributed by atoms with Crippen molar-refractivity contribution >= 4 is 0 Å². The van der Waals surface area contributed by atoms with E-state index in [0.29, 0.717) is 0 Å². The van der Waals surface area contributed by atoms with Gasteiger partial charge in [0.15, 0.2) is 0 Å². The molecule has 0 aliphatic heterocycles. The minimum Gasteiger partial charge on any atom is -0.307 e. The molecule has 0 saturated carbocycles. The second-order valence-corrected chi connectivity index (χ2v) is 3.14. The molecule has 0 saturated heterocycles. The summed E-state index contributed by atoms with van der Waals surface area (Å²) >= 11 is 0. The number of nitrogens with one attached hydrogen (secondary N) is 1. The van der Waals surface area contributed by atoms with E-state index in [2.05, 4.69) is 28.8 Å². The Hall–Kier alpha value is -1.22. The Morgan fingerprint density at radius 3 is 2.79 bits per heavy atom. The van der Waals surface area contributed by atoms with Crippen LogP contribution in [-0.4, -0.2) is 16.5 Å². The van der Waals surface area contributed by atoms with Crippen molar-refractivity contribution in [3.63, 3.8) is 0 Å². The zero-order valence-corrected chi connectivity index (χ0v) is 8.61. The molecule has 14 heavy (non-hydrogen) atoms. The topological polar surface area (TPSA) is 37.8 Å². The largest absolute Gasteiger partial charge is 0.307 e. The maximum atomic E-state index is 4.23. The first-order chi connectivity index (χ1) is 6.88. The van der Waals surface area contributed by atoms with Crippen LogP contribution in [0.4, 0.5) is 0 Å². The van der Waals surface area contributed by atoms with E-state index in [0.717, 1.165) is 25.2 Å². The smallest absolute Gasteiger partial charge is 0.145 e. The van der Waals surface area contributed by atoms with Gasteiger partial charge >= 0.3 is 0 Å². The quantitative estimate of drug-likeness (QED) is 0.700. The molecular formula is C11H17N3. The van der Waals surface area contributed by atoms with Gasteiger partial charge in [0.05, 0.1) is 6.04 Å². The van der Waals surface area contributed by atoms with Gasteiger partial charge in [-0.15, -0.1) is 6.58 Å². The minimum atomic E-state index is 0.202. The van der Waals surface area contributed by atoms with Crippen LogP contribution < -0.4 is 5.32 Å². The van der Waals surface area contributed by atoms with Crippen LogP contribution in [0.3, 0.4) is 0 Å². The van der Waals surface area contributed by atoms with Crippen LogP contribution in [0.25, 0.3) is 0 Å². The molecule has 1 heterocycles. The van der Waals surface area contributed by atoms with Crippen molar-refractivity contribution in [2.24, 2.45) is 0 Å². The van der Waals surface area contributed by atoms with Crippen LogP contribution in [0.15, 0.2) is 31.1 Å². The molecule has 1 aromatic rings. The lowest BCUT2D eigenvalue weighted by Crippen LogP contribution is -2.23. The average molecular weight is 191 g/mol. The Kier molecular flexibility index (Phi) is 4.86. The average Bonchev–Trinajstić information content (AvgIpc) is 2.25. The van der Waals surface area contributed by atoms with E-state index in [-0.39, 0.29) is 6.04 Å². The molecule has 0 radical (unpaired) electrons. The molecule has 0 aliphatic carbocycles. The van der Waals surface area contributed by atoms with Gasteiger partial charge in [0, 0.05) is 12.4 Å². The maximum Gasteiger partial charge on any atom is 0.145 e. The summed E-state index contributed by atoms with van der Waals surface area (Å²) < 4.78 is 0. The standard InChI is InChI=1S/C11H17N3/c1-3-6-10(12-7-4-2)11-13-8-5-9-14-11/h3,5,8-10,12H,1,4,6-7H2,2H3. The minimum absolute atomic E-state index is 0.202. The molecule has 0 aromatic carbocycles. The number of hydrogen-bond acceptors (Lipinski definition) is 3. The lowest BCUT2D eigenvalue weighted by molar-refractivity contribution is 0.512. The first-order valence-electron chi connectivity index (χ1n) is 4.99. The van der Waals surface area contributed by atoms with Gasteiger partial charge in [-0.3, -0.25) is 0 Å². The predicted octanol–water partition coefficient (Wildman–Crippen LogP) is 2.09. The van der Waals surface area contributed by atoms with Crippen LogP contribution in [0.1, 0.15) is 31.6 Å². The summed E-state index contributed by atoms with van der Waals surface area (Å²) in [6, 6.07) is 2.03. The normalized spacial score (nSPS) is 12.4. The molecule has 0 bridgehead atoms. The number of hydrogen-bond donors (Lipinski definition) is 1. The lowest BCUT2D eigenvalue weighted by atomic mass is 10.2. The van der Waals surface area contributed by atoms with E-state index >= 15 is 0 Å². The number of aromatic nitrogens is 2. The van der Waals surface area contributed by atoms with Gasteiger partial charge in [-0.1, -0.05) is 13.0 Å². The highest BCUT2D eigenvalue weighted by Crippen LogP contribution is 2.11. The fraction of sp³-hybridized carbons (Fsp3) is 0.455. The Morgan fingerprint density at radius 1 is 1.50 bits per heavy atom. The van der Waals surface area contributed by atoms with E-state index in [4.69, 9.17) is 0 Å². The summed E-state index contributed by atoms with van der Waals surface area (Å²) in [5, 5.41) is 3.39. The summed E-state index contributed by atoms with van der Waals surface area (Å²) in [7, 11) is 0. The van der Waals surface area contributed by atoms with Crippen LogP contribution in [0, 0.1) is 0 Å². The monoisotopic (exact) mass is 191 g/mol. The molecule has 1 unspecified atom stereocenters. The fourth-order valence-electron chi connectivity index (χ4n) is 1.26. The summed E-state index contributed by atoms with van der Waals surface area (Å²) in [5.41, 5.74) is 0. The molecule has 0 amide bonds. The molecule has 1 rings (SSSR count). The molecule has 1 atom stereocenters. The molecule has 3 heteroatoms. The van der Waals surface area contributed by atoms with Crippen LogP contribution >= 0.6 is 0 Å². The summed E-state index contributed by atoms with van der Waals surface area (Å²) in [6.45, 7) is 6.86. The van der Waals surface area contributed by atoms with Crippen molar-refractivity contribution < 1.29 is 0 Å². The highest BCUT2D eigenvalue weighted by Gasteiger charge is 2.10. The van der Waals surface area contributed by atoms with Gasteiger partial charge < -0.3 is 5.32 Å². The Labute approximate surface area is 85.3 Å². The van der Waals surface area contributed by atoms with E-state index in [1.165, 1.54) is 0 Å². The summed E-state index contributed by atoms with van der Waals surface area (Å²) in [5.74, 6) is 0.848. The van der Waals surface area contributed by atoms with Crippen molar-refractivity contribution in [1.29, 1.82) is 0 Å². The second kappa shape index (κ2) is 6.27. The molecule has 0 fully saturated rings. The third-order valence-corrected chi connectivity index (χ3v) is 1.94. The maximum absolute atomic E-state index is 4.23. The van der Waals surface area contributed by atoms with Crippen LogP contribution in [-0.2, 0) is 0 Å². The number of rotatable bonds is 6. The second-order valence-electron chi connectivity index (χ2n) is 3.14. The highest BCUT2D eigenvalue weighted by molar-refractivity contribution is 4.98. The van der Waals surface area contributed by atoms with Gasteiger partial charge in [-0.2, -0.15) is 0 Å². The van der Waals surface area contributed by atoms with E-state index in [9.17, 15) is 0 Å². The number of nitrogens with zero attached hydrogens (tertiary/aromatic N) is 2. The summed E-state index contributed by atoms with van der Waals surface area (Å²) in [4.78, 5) is 8.46. The van der Waals surface area contributed by atoms with Gasteiger partial charge in [0.25, 0.3) is 0 Å². The Bertz CT molecular complexity index is 258. The molecule has 0 aliphatic rings. The molecular weight excluding hydrogens is 174 g/mol. The van der Waals surface area contributed by atoms with Crippen molar-refractivity contribution in [1.82, 2.24) is 15.3 Å². The third-order valence-electron chi connectivity index (χ3n) is 1.94. The molecule has 1 aromatic heterocycles. The van der Waals surface area contributed by atoms with Gasteiger partial charge in [0.1, 0.15) is 5.82 Å². The van der Waals surface area contributed by atoms with Crippen LogP contribution in [0.5, 0.6) is 0 Å². The molecule has 76 valence electrons. The van der Waals surface area contributed by atoms with Crippen LogP contribution in [0.2, 0.25) is 0 Å². The molecule has 0 spiro atoms. The van der Waals surface area contributed by atoms with Crippen molar-refractivity contribution in [2.45, 2.75) is 25.8 Å². The lowest BCUT2D eigenvalue weighted by Gasteiger charge is -2.14. The predicted molar refractivity (Wildman–Crippen MR) is 57.9 cm³/mol. The zero-order valence-electron chi connectivity index (χ0n) is 8.61. The van der Waals surface area contributed by atoms with Crippen molar-refractivity contribution in [3.05, 3.63) is 36.9 Å². The molecule has 1 N–H and O–H groups in total. The first kappa shape index (κ1) is 10.9. The van der Waals surface area contributed by atoms with Gasteiger partial charge in [0.2, 0.25) is 0 Å². The Balaban J connectivity index is 2.62. The fourth-order valence-corrected chi connectivity index (χ4v) is 1.26. The molecule has 3 nitrogen and oxygen atoms in total. The van der Waals surface area contributed by atoms with E-state index < -0.39 is 0 Å². The van der Waals surface area contributed by atoms with E-state index in [1.54, 1.807) is 12.4 Å². The van der Waals surface area contributed by atoms with Gasteiger partial charge in [-0.05, 0) is 25.5 Å². The van der Waals surface area contributed by atoms with Crippen molar-refractivity contribution in [2.75, 3.05) is 6.54 Å².